The minimum atomic E-state index is -0.875. The third kappa shape index (κ3) is 3.97. The first kappa shape index (κ1) is 18.9. The van der Waals surface area contributed by atoms with Crippen molar-refractivity contribution in [2.75, 3.05) is 32.8 Å². The van der Waals surface area contributed by atoms with Crippen LogP contribution in [0.2, 0.25) is 0 Å². The molecule has 1 aromatic carbocycles. The van der Waals surface area contributed by atoms with Crippen molar-refractivity contribution in [1.82, 2.24) is 4.90 Å². The van der Waals surface area contributed by atoms with Crippen LogP contribution in [0.1, 0.15) is 13.3 Å². The summed E-state index contributed by atoms with van der Waals surface area (Å²) in [5, 5.41) is 0. The van der Waals surface area contributed by atoms with Gasteiger partial charge in [0.2, 0.25) is 11.8 Å². The molecule has 0 saturated carbocycles. The molecule has 1 fully saturated rings. The smallest absolute Gasteiger partial charge is 0.257 e. The minimum absolute atomic E-state index is 0.0580. The van der Waals surface area contributed by atoms with Gasteiger partial charge >= 0.3 is 0 Å². The van der Waals surface area contributed by atoms with E-state index < -0.39 is 18.2 Å². The maximum absolute atomic E-state index is 12.8. The highest BCUT2D eigenvalue weighted by molar-refractivity contribution is 6.23. The lowest BCUT2D eigenvalue weighted by atomic mass is 10.2. The maximum atomic E-state index is 12.8. The Labute approximate surface area is 146 Å². The van der Waals surface area contributed by atoms with E-state index in [0.717, 1.165) is 4.90 Å². The molecule has 0 aliphatic carbocycles. The zero-order valence-electron chi connectivity index (χ0n) is 14.7. The molecule has 0 aromatic heterocycles. The number of carbonyl (C=O) groups is 3. The lowest BCUT2D eigenvalue weighted by Crippen LogP contribution is -2.48. The number of hydrogen-bond donors (Lipinski definition) is 0. The lowest BCUT2D eigenvalue weighted by Gasteiger charge is -2.29. The number of rotatable bonds is 7. The largest absolute Gasteiger partial charge is 0.497 e. The molecule has 1 unspecified atom stereocenters. The maximum Gasteiger partial charge on any atom is 0.257 e. The number of ether oxygens (including phenoxy) is 3. The molecule has 0 spiro atoms. The molecule has 1 saturated heterocycles. The molecule has 3 amide bonds. The van der Waals surface area contributed by atoms with E-state index in [1.165, 1.54) is 33.2 Å². The normalized spacial score (nSPS) is 17.3. The standard InChI is InChI=1S/C17H22N2O6/c1-11(20)18(10-16(24-3)25-4)14-9-15(21)19(17(14)22)12-5-7-13(23-2)8-6-12/h5-8,14,16H,9-10H2,1-4H3. The zero-order valence-corrected chi connectivity index (χ0v) is 14.7. The van der Waals surface area contributed by atoms with Gasteiger partial charge in [0, 0.05) is 21.1 Å². The number of amides is 3. The molecule has 136 valence electrons. The van der Waals surface area contributed by atoms with Crippen LogP contribution >= 0.6 is 0 Å². The van der Waals surface area contributed by atoms with Crippen molar-refractivity contribution >= 4 is 23.4 Å². The predicted molar refractivity (Wildman–Crippen MR) is 89.1 cm³/mol. The van der Waals surface area contributed by atoms with Gasteiger partial charge in [-0.15, -0.1) is 0 Å². The molecule has 8 heteroatoms. The van der Waals surface area contributed by atoms with Gasteiger partial charge in [-0.25, -0.2) is 4.90 Å². The van der Waals surface area contributed by atoms with Crippen LogP contribution in [-0.2, 0) is 23.9 Å². The van der Waals surface area contributed by atoms with Gasteiger partial charge in [-0.1, -0.05) is 0 Å². The van der Waals surface area contributed by atoms with E-state index in [9.17, 15) is 14.4 Å². The molecule has 1 heterocycles. The number of carbonyl (C=O) groups excluding carboxylic acids is 3. The van der Waals surface area contributed by atoms with E-state index in [1.54, 1.807) is 24.3 Å². The quantitative estimate of drug-likeness (QED) is 0.534. The molecular formula is C17H22N2O6. The SMILES string of the molecule is COc1ccc(N2C(=O)CC(N(CC(OC)OC)C(C)=O)C2=O)cc1. The molecule has 1 aromatic rings. The van der Waals surface area contributed by atoms with Crippen molar-refractivity contribution in [3.8, 4) is 5.75 Å². The van der Waals surface area contributed by atoms with Crippen LogP contribution in [0.3, 0.4) is 0 Å². The van der Waals surface area contributed by atoms with E-state index in [0.29, 0.717) is 11.4 Å². The van der Waals surface area contributed by atoms with Gasteiger partial charge in [0.1, 0.15) is 11.8 Å². The van der Waals surface area contributed by atoms with Crippen LogP contribution in [0.25, 0.3) is 0 Å². The van der Waals surface area contributed by atoms with Crippen LogP contribution in [0.15, 0.2) is 24.3 Å². The molecule has 0 radical (unpaired) electrons. The first-order valence-corrected chi connectivity index (χ1v) is 7.76. The summed E-state index contributed by atoms with van der Waals surface area (Å²) in [6.45, 7) is 1.40. The second-order valence-corrected chi connectivity index (χ2v) is 5.56. The molecule has 1 aliphatic rings. The Morgan fingerprint density at radius 3 is 2.28 bits per heavy atom. The Morgan fingerprint density at radius 2 is 1.80 bits per heavy atom. The number of nitrogens with zero attached hydrogens (tertiary/aromatic N) is 2. The Bertz CT molecular complexity index is 641. The Morgan fingerprint density at radius 1 is 1.20 bits per heavy atom. The summed E-state index contributed by atoms with van der Waals surface area (Å²) in [5.74, 6) is -0.524. The van der Waals surface area contributed by atoms with Crippen molar-refractivity contribution in [3.63, 3.8) is 0 Å². The highest BCUT2D eigenvalue weighted by atomic mass is 16.7. The third-order valence-electron chi connectivity index (χ3n) is 4.11. The zero-order chi connectivity index (χ0) is 18.6. The summed E-state index contributed by atoms with van der Waals surface area (Å²) in [6.07, 6.45) is -0.758. The van der Waals surface area contributed by atoms with E-state index in [-0.39, 0.29) is 24.8 Å². The van der Waals surface area contributed by atoms with Crippen molar-refractivity contribution in [3.05, 3.63) is 24.3 Å². The fourth-order valence-corrected chi connectivity index (χ4v) is 2.74. The number of hydrogen-bond acceptors (Lipinski definition) is 6. The van der Waals surface area contributed by atoms with Gasteiger partial charge in [-0.05, 0) is 24.3 Å². The monoisotopic (exact) mass is 350 g/mol. The molecule has 0 bridgehead atoms. The average Bonchev–Trinajstić information content (AvgIpc) is 2.90. The summed E-state index contributed by atoms with van der Waals surface area (Å²) in [5.41, 5.74) is 0.442. The summed E-state index contributed by atoms with van der Waals surface area (Å²) < 4.78 is 15.3. The Kier molecular flexibility index (Phi) is 6.11. The van der Waals surface area contributed by atoms with Gasteiger partial charge in [0.25, 0.3) is 5.91 Å². The van der Waals surface area contributed by atoms with Crippen molar-refractivity contribution in [1.29, 1.82) is 0 Å². The topological polar surface area (TPSA) is 85.4 Å². The fourth-order valence-electron chi connectivity index (χ4n) is 2.74. The van der Waals surface area contributed by atoms with E-state index in [4.69, 9.17) is 14.2 Å². The molecular weight excluding hydrogens is 328 g/mol. The number of anilines is 1. The van der Waals surface area contributed by atoms with Crippen molar-refractivity contribution in [2.45, 2.75) is 25.7 Å². The number of benzene rings is 1. The van der Waals surface area contributed by atoms with Crippen LogP contribution in [0.5, 0.6) is 5.75 Å². The van der Waals surface area contributed by atoms with Gasteiger partial charge < -0.3 is 19.1 Å². The van der Waals surface area contributed by atoms with Crippen LogP contribution in [0, 0.1) is 0 Å². The molecule has 25 heavy (non-hydrogen) atoms. The highest BCUT2D eigenvalue weighted by Gasteiger charge is 2.44. The fraction of sp³-hybridized carbons (Fsp3) is 0.471. The van der Waals surface area contributed by atoms with Gasteiger partial charge in [-0.2, -0.15) is 0 Å². The molecule has 2 rings (SSSR count). The average molecular weight is 350 g/mol. The second kappa shape index (κ2) is 8.09. The summed E-state index contributed by atoms with van der Waals surface area (Å²) in [7, 11) is 4.42. The molecule has 0 N–H and O–H groups in total. The summed E-state index contributed by atoms with van der Waals surface area (Å²) in [4.78, 5) is 39.5. The first-order chi connectivity index (χ1) is 11.9. The Balaban J connectivity index is 2.23. The van der Waals surface area contributed by atoms with Crippen molar-refractivity contribution < 1.29 is 28.6 Å². The number of imide groups is 1. The number of methoxy groups -OCH3 is 3. The van der Waals surface area contributed by atoms with E-state index in [2.05, 4.69) is 0 Å². The third-order valence-corrected chi connectivity index (χ3v) is 4.11. The predicted octanol–water partition coefficient (Wildman–Crippen LogP) is 0.794. The van der Waals surface area contributed by atoms with Crippen LogP contribution < -0.4 is 9.64 Å². The van der Waals surface area contributed by atoms with Crippen molar-refractivity contribution in [2.24, 2.45) is 0 Å². The molecule has 8 nitrogen and oxygen atoms in total. The second-order valence-electron chi connectivity index (χ2n) is 5.56. The Hall–Kier alpha value is -2.45. The van der Waals surface area contributed by atoms with E-state index in [1.807, 2.05) is 0 Å². The summed E-state index contributed by atoms with van der Waals surface area (Å²) >= 11 is 0. The molecule has 1 aliphatic heterocycles. The minimum Gasteiger partial charge on any atom is -0.497 e. The van der Waals surface area contributed by atoms with Crippen LogP contribution in [-0.4, -0.2) is 62.8 Å². The van der Waals surface area contributed by atoms with Gasteiger partial charge in [-0.3, -0.25) is 14.4 Å². The van der Waals surface area contributed by atoms with E-state index >= 15 is 0 Å². The highest BCUT2D eigenvalue weighted by Crippen LogP contribution is 2.27. The lowest BCUT2D eigenvalue weighted by molar-refractivity contribution is -0.150. The molecule has 1 atom stereocenters. The van der Waals surface area contributed by atoms with Crippen LogP contribution in [0.4, 0.5) is 5.69 Å². The summed E-state index contributed by atoms with van der Waals surface area (Å²) in [6, 6.07) is 5.71. The first-order valence-electron chi connectivity index (χ1n) is 7.76. The van der Waals surface area contributed by atoms with Gasteiger partial charge in [0.15, 0.2) is 6.29 Å². The van der Waals surface area contributed by atoms with Gasteiger partial charge in [0.05, 0.1) is 25.8 Å².